The normalized spacial score (nSPS) is 11.4. The number of imidazole rings is 1. The lowest BCUT2D eigenvalue weighted by molar-refractivity contribution is 0.244. The van der Waals surface area contributed by atoms with E-state index in [1.165, 1.54) is 11.8 Å². The molecule has 0 aliphatic rings. The molecule has 2 aromatic rings. The van der Waals surface area contributed by atoms with Gasteiger partial charge in [0.15, 0.2) is 11.6 Å². The Hall–Kier alpha value is -2.78. The Bertz CT molecular complexity index is 914. The number of urea groups is 1. The minimum atomic E-state index is -0.276. The predicted molar refractivity (Wildman–Crippen MR) is 127 cm³/mol. The maximum atomic E-state index is 11.4. The lowest BCUT2D eigenvalue weighted by atomic mass is 10.1. The van der Waals surface area contributed by atoms with Crippen LogP contribution in [0, 0.1) is 0 Å². The number of nitrogens with zero attached hydrogens (tertiary/aromatic N) is 4. The SMILES string of the molecule is C=C/C(=C(/Cl)C/C=C\C)c1cncn1-c1n[nH]c(N=C)c1SCNC(=O)NC.CC. The number of hydrogen-bond acceptors (Lipinski definition) is 5. The van der Waals surface area contributed by atoms with E-state index >= 15 is 0 Å². The van der Waals surface area contributed by atoms with Crippen LogP contribution < -0.4 is 10.6 Å². The second kappa shape index (κ2) is 13.4. The molecule has 10 heteroatoms. The summed E-state index contributed by atoms with van der Waals surface area (Å²) in [5.41, 5.74) is 1.50. The van der Waals surface area contributed by atoms with E-state index in [-0.39, 0.29) is 6.03 Å². The maximum absolute atomic E-state index is 11.4. The van der Waals surface area contributed by atoms with Gasteiger partial charge in [-0.05, 0) is 13.6 Å². The molecule has 0 fully saturated rings. The fraction of sp³-hybridized carbons (Fsp3) is 0.300. The average Bonchev–Trinajstić information content (AvgIpc) is 3.40. The highest BCUT2D eigenvalue weighted by Crippen LogP contribution is 2.35. The number of aromatic nitrogens is 4. The van der Waals surface area contributed by atoms with E-state index < -0.39 is 0 Å². The molecule has 2 rings (SSSR count). The molecule has 0 aromatic carbocycles. The molecule has 0 atom stereocenters. The minimum absolute atomic E-state index is 0.276. The zero-order chi connectivity index (χ0) is 22.5. The number of carbonyl (C=O) groups is 1. The van der Waals surface area contributed by atoms with Gasteiger partial charge >= 0.3 is 6.03 Å². The van der Waals surface area contributed by atoms with E-state index in [1.807, 2.05) is 32.9 Å². The highest BCUT2D eigenvalue weighted by molar-refractivity contribution is 7.99. The summed E-state index contributed by atoms with van der Waals surface area (Å²) in [6.07, 6.45) is 9.51. The van der Waals surface area contributed by atoms with Crippen LogP contribution in [0.2, 0.25) is 0 Å². The molecule has 2 amide bonds. The molecule has 0 bridgehead atoms. The summed E-state index contributed by atoms with van der Waals surface area (Å²) >= 11 is 7.85. The van der Waals surface area contributed by atoms with Crippen LogP contribution in [0.5, 0.6) is 0 Å². The first-order valence-electron chi connectivity index (χ1n) is 9.36. The van der Waals surface area contributed by atoms with E-state index in [0.717, 1.165) is 16.2 Å². The third kappa shape index (κ3) is 6.36. The van der Waals surface area contributed by atoms with Gasteiger partial charge in [-0.3, -0.25) is 9.67 Å². The molecule has 2 aromatic heterocycles. The van der Waals surface area contributed by atoms with Crippen molar-refractivity contribution in [2.45, 2.75) is 32.1 Å². The van der Waals surface area contributed by atoms with Crippen LogP contribution in [0.25, 0.3) is 11.4 Å². The molecule has 0 saturated heterocycles. The molecule has 8 nitrogen and oxygen atoms in total. The molecule has 2 heterocycles. The summed E-state index contributed by atoms with van der Waals surface area (Å²) in [5, 5.41) is 13.1. The maximum Gasteiger partial charge on any atom is 0.315 e. The van der Waals surface area contributed by atoms with Crippen LogP contribution >= 0.6 is 23.4 Å². The van der Waals surface area contributed by atoms with Crippen molar-refractivity contribution in [2.75, 3.05) is 12.9 Å². The van der Waals surface area contributed by atoms with Gasteiger partial charge in [-0.2, -0.15) is 5.10 Å². The molecule has 0 aliphatic heterocycles. The molecule has 162 valence electrons. The third-order valence-corrected chi connectivity index (χ3v) is 5.00. The Morgan fingerprint density at radius 3 is 2.80 bits per heavy atom. The van der Waals surface area contributed by atoms with Gasteiger partial charge in [-0.25, -0.2) is 14.8 Å². The summed E-state index contributed by atoms with van der Waals surface area (Å²) in [5.74, 6) is 1.40. The van der Waals surface area contributed by atoms with Gasteiger partial charge in [0.25, 0.3) is 0 Å². The van der Waals surface area contributed by atoms with Crippen molar-refractivity contribution in [3.05, 3.63) is 48.1 Å². The van der Waals surface area contributed by atoms with Crippen molar-refractivity contribution in [1.82, 2.24) is 30.4 Å². The van der Waals surface area contributed by atoms with Crippen LogP contribution in [0.15, 0.2) is 52.3 Å². The summed E-state index contributed by atoms with van der Waals surface area (Å²) < 4.78 is 1.79. The lowest BCUT2D eigenvalue weighted by Crippen LogP contribution is -2.32. The number of amides is 2. The Labute approximate surface area is 186 Å². The number of nitrogens with one attached hydrogen (secondary N) is 3. The average molecular weight is 450 g/mol. The van der Waals surface area contributed by atoms with Crippen LogP contribution in [0.3, 0.4) is 0 Å². The number of halogens is 1. The standard InChI is InChI=1S/C18H22ClN7OS.C2H6/c1-5-7-8-13(19)12(6-2)14-9-22-10-26(14)17-15(16(20-3)24-25-17)28-11-23-18(27)21-4;1-2/h5-7,9-10H,2-3,8,11H2,1,4H3,(H,24,25)(H2,21,23,27);1-2H3/b7-5-,13-12-;. The summed E-state index contributed by atoms with van der Waals surface area (Å²) in [7, 11) is 1.55. The van der Waals surface area contributed by atoms with Crippen molar-refractivity contribution >= 4 is 47.5 Å². The summed E-state index contributed by atoms with van der Waals surface area (Å²) in [6.45, 7) is 13.4. The van der Waals surface area contributed by atoms with Gasteiger partial charge in [-0.1, -0.05) is 62.0 Å². The van der Waals surface area contributed by atoms with E-state index in [2.05, 4.69) is 44.1 Å². The Morgan fingerprint density at radius 1 is 1.47 bits per heavy atom. The van der Waals surface area contributed by atoms with Gasteiger partial charge < -0.3 is 10.6 Å². The summed E-state index contributed by atoms with van der Waals surface area (Å²) in [6, 6.07) is -0.276. The molecule has 0 unspecified atom stereocenters. The number of hydrogen-bond donors (Lipinski definition) is 3. The van der Waals surface area contributed by atoms with E-state index in [9.17, 15) is 4.79 Å². The van der Waals surface area contributed by atoms with Gasteiger partial charge in [0, 0.05) is 24.1 Å². The first-order chi connectivity index (χ1) is 14.6. The van der Waals surface area contributed by atoms with Crippen molar-refractivity contribution in [3.8, 4) is 5.82 Å². The van der Waals surface area contributed by atoms with Crippen molar-refractivity contribution in [3.63, 3.8) is 0 Å². The molecule has 3 N–H and O–H groups in total. The number of carbonyl (C=O) groups excluding carboxylic acids is 1. The van der Waals surface area contributed by atoms with Crippen LogP contribution in [0.4, 0.5) is 10.6 Å². The van der Waals surface area contributed by atoms with Crippen LogP contribution in [-0.2, 0) is 0 Å². The quantitative estimate of drug-likeness (QED) is 0.164. The molecule has 30 heavy (non-hydrogen) atoms. The monoisotopic (exact) mass is 449 g/mol. The molecule has 0 aliphatic carbocycles. The highest BCUT2D eigenvalue weighted by Gasteiger charge is 2.19. The van der Waals surface area contributed by atoms with Crippen molar-refractivity contribution in [1.29, 1.82) is 0 Å². The molecule has 0 saturated carbocycles. The number of rotatable bonds is 9. The van der Waals surface area contributed by atoms with Gasteiger partial charge in [0.1, 0.15) is 6.33 Å². The molecule has 0 radical (unpaired) electrons. The van der Waals surface area contributed by atoms with Gasteiger partial charge in [0.2, 0.25) is 0 Å². The topological polar surface area (TPSA) is 100.0 Å². The smallest absolute Gasteiger partial charge is 0.315 e. The second-order valence-electron chi connectivity index (χ2n) is 5.37. The number of aromatic amines is 1. The van der Waals surface area contributed by atoms with Crippen molar-refractivity contribution < 1.29 is 4.79 Å². The first kappa shape index (κ1) is 25.3. The Kier molecular flexibility index (Phi) is 11.3. The zero-order valence-electron chi connectivity index (χ0n) is 17.7. The second-order valence-corrected chi connectivity index (χ2v) is 6.81. The highest BCUT2D eigenvalue weighted by atomic mass is 35.5. The fourth-order valence-electron chi connectivity index (χ4n) is 2.33. The Morgan fingerprint density at radius 2 is 2.20 bits per heavy atom. The predicted octanol–water partition coefficient (Wildman–Crippen LogP) is 5.03. The van der Waals surface area contributed by atoms with Gasteiger partial charge in [0.05, 0.1) is 22.7 Å². The third-order valence-electron chi connectivity index (χ3n) is 3.69. The van der Waals surface area contributed by atoms with E-state index in [1.54, 1.807) is 30.2 Å². The summed E-state index contributed by atoms with van der Waals surface area (Å²) in [4.78, 5) is 20.3. The molecular weight excluding hydrogens is 422 g/mol. The zero-order valence-corrected chi connectivity index (χ0v) is 19.3. The number of H-pyrrole nitrogens is 1. The van der Waals surface area contributed by atoms with Crippen molar-refractivity contribution in [2.24, 2.45) is 4.99 Å². The van der Waals surface area contributed by atoms with Crippen LogP contribution in [0.1, 0.15) is 32.9 Å². The molecule has 0 spiro atoms. The minimum Gasteiger partial charge on any atom is -0.341 e. The van der Waals surface area contributed by atoms with Crippen LogP contribution in [-0.4, -0.2) is 45.4 Å². The van der Waals surface area contributed by atoms with E-state index in [0.29, 0.717) is 29.0 Å². The first-order valence-corrected chi connectivity index (χ1v) is 10.7. The number of thioether (sulfide) groups is 1. The molecular formula is C20H28ClN7OS. The fourth-order valence-corrected chi connectivity index (χ4v) is 3.46. The number of aliphatic imine (C=N–C) groups is 1. The van der Waals surface area contributed by atoms with E-state index in [4.69, 9.17) is 11.6 Å². The number of allylic oxidation sites excluding steroid dienone is 5. The largest absolute Gasteiger partial charge is 0.341 e. The van der Waals surface area contributed by atoms with Gasteiger partial charge in [-0.15, -0.1) is 0 Å². The lowest BCUT2D eigenvalue weighted by Gasteiger charge is -2.10. The Balaban J connectivity index is 0.00000218.